The molecule has 0 aromatic heterocycles. The molecule has 2 nitrogen and oxygen atoms in total. The second kappa shape index (κ2) is 6.96. The SMILES string of the molecule is C=CCSc1ccccc1NC(=O)c1cccc(C)c1. The van der Waals surface area contributed by atoms with Crippen LogP contribution in [0.1, 0.15) is 15.9 Å². The Balaban J connectivity index is 2.17. The van der Waals surface area contributed by atoms with Gasteiger partial charge in [0.2, 0.25) is 0 Å². The number of hydrogen-bond donors (Lipinski definition) is 1. The van der Waals surface area contributed by atoms with Gasteiger partial charge in [-0.25, -0.2) is 0 Å². The highest BCUT2D eigenvalue weighted by Crippen LogP contribution is 2.27. The number of carbonyl (C=O) groups is 1. The number of hydrogen-bond acceptors (Lipinski definition) is 2. The van der Waals surface area contributed by atoms with E-state index in [-0.39, 0.29) is 5.91 Å². The zero-order valence-corrected chi connectivity index (χ0v) is 12.2. The molecule has 3 heteroatoms. The van der Waals surface area contributed by atoms with Crippen LogP contribution in [0, 0.1) is 6.92 Å². The topological polar surface area (TPSA) is 29.1 Å². The van der Waals surface area contributed by atoms with Gasteiger partial charge in [-0.3, -0.25) is 4.79 Å². The molecule has 0 spiro atoms. The van der Waals surface area contributed by atoms with E-state index in [4.69, 9.17) is 0 Å². The first-order valence-electron chi connectivity index (χ1n) is 6.41. The van der Waals surface area contributed by atoms with Crippen LogP contribution in [0.2, 0.25) is 0 Å². The van der Waals surface area contributed by atoms with Crippen molar-refractivity contribution in [1.29, 1.82) is 0 Å². The lowest BCUT2D eigenvalue weighted by Gasteiger charge is -2.10. The highest BCUT2D eigenvalue weighted by Gasteiger charge is 2.08. The number of benzene rings is 2. The monoisotopic (exact) mass is 283 g/mol. The minimum Gasteiger partial charge on any atom is -0.321 e. The summed E-state index contributed by atoms with van der Waals surface area (Å²) in [4.78, 5) is 13.3. The molecule has 0 saturated carbocycles. The van der Waals surface area contributed by atoms with E-state index < -0.39 is 0 Å². The second-order valence-corrected chi connectivity index (χ2v) is 5.48. The molecular formula is C17H17NOS. The van der Waals surface area contributed by atoms with Crippen LogP contribution >= 0.6 is 11.8 Å². The first-order chi connectivity index (χ1) is 9.70. The Hall–Kier alpha value is -2.00. The standard InChI is InChI=1S/C17H17NOS/c1-3-11-20-16-10-5-4-9-15(16)18-17(19)14-8-6-7-13(2)12-14/h3-10,12H,1,11H2,2H3,(H,18,19). The summed E-state index contributed by atoms with van der Waals surface area (Å²) in [6, 6.07) is 15.4. The molecule has 0 fully saturated rings. The fourth-order valence-corrected chi connectivity index (χ4v) is 2.57. The number of aryl methyl sites for hydroxylation is 1. The van der Waals surface area contributed by atoms with Gasteiger partial charge in [-0.2, -0.15) is 0 Å². The third-order valence-corrected chi connectivity index (χ3v) is 3.84. The molecule has 0 heterocycles. The average Bonchev–Trinajstić information content (AvgIpc) is 2.46. The van der Waals surface area contributed by atoms with Crippen molar-refractivity contribution in [3.8, 4) is 0 Å². The summed E-state index contributed by atoms with van der Waals surface area (Å²) in [6.07, 6.45) is 1.85. The Labute approximate surface area is 123 Å². The number of para-hydroxylation sites is 1. The molecule has 1 N–H and O–H groups in total. The summed E-state index contributed by atoms with van der Waals surface area (Å²) in [5.74, 6) is 0.734. The molecule has 2 rings (SSSR count). The van der Waals surface area contributed by atoms with Crippen LogP contribution in [0.3, 0.4) is 0 Å². The van der Waals surface area contributed by atoms with Crippen molar-refractivity contribution in [3.63, 3.8) is 0 Å². The molecule has 20 heavy (non-hydrogen) atoms. The fraction of sp³-hybridized carbons (Fsp3) is 0.118. The number of nitrogens with one attached hydrogen (secondary N) is 1. The van der Waals surface area contributed by atoms with Crippen LogP contribution in [0.5, 0.6) is 0 Å². The molecule has 2 aromatic carbocycles. The number of carbonyl (C=O) groups excluding carboxylic acids is 1. The normalized spacial score (nSPS) is 10.1. The Morgan fingerprint density at radius 1 is 1.25 bits per heavy atom. The molecular weight excluding hydrogens is 266 g/mol. The summed E-state index contributed by atoms with van der Waals surface area (Å²) in [5, 5.41) is 2.97. The van der Waals surface area contributed by atoms with Crippen LogP contribution in [-0.2, 0) is 0 Å². The van der Waals surface area contributed by atoms with Gasteiger partial charge < -0.3 is 5.32 Å². The molecule has 0 unspecified atom stereocenters. The van der Waals surface area contributed by atoms with E-state index in [1.807, 2.05) is 61.5 Å². The van der Waals surface area contributed by atoms with Crippen molar-refractivity contribution in [2.75, 3.05) is 11.1 Å². The molecule has 102 valence electrons. The van der Waals surface area contributed by atoms with Gasteiger partial charge >= 0.3 is 0 Å². The second-order valence-electron chi connectivity index (χ2n) is 4.42. The molecule has 0 aliphatic rings. The van der Waals surface area contributed by atoms with Crippen LogP contribution in [0.15, 0.2) is 66.1 Å². The highest BCUT2D eigenvalue weighted by molar-refractivity contribution is 7.99. The number of anilines is 1. The van der Waals surface area contributed by atoms with Gasteiger partial charge in [0, 0.05) is 16.2 Å². The van der Waals surface area contributed by atoms with Gasteiger partial charge in [0.15, 0.2) is 0 Å². The number of rotatable bonds is 5. The maximum atomic E-state index is 12.3. The Morgan fingerprint density at radius 2 is 2.05 bits per heavy atom. The van der Waals surface area contributed by atoms with Gasteiger partial charge in [-0.1, -0.05) is 35.9 Å². The summed E-state index contributed by atoms with van der Waals surface area (Å²) in [6.45, 7) is 5.69. The smallest absolute Gasteiger partial charge is 0.255 e. The zero-order chi connectivity index (χ0) is 14.4. The van der Waals surface area contributed by atoms with Crippen LogP contribution in [0.4, 0.5) is 5.69 Å². The largest absolute Gasteiger partial charge is 0.321 e. The third kappa shape index (κ3) is 3.75. The van der Waals surface area contributed by atoms with Gasteiger partial charge in [-0.05, 0) is 31.2 Å². The maximum Gasteiger partial charge on any atom is 0.255 e. The lowest BCUT2D eigenvalue weighted by atomic mass is 10.1. The van der Waals surface area contributed by atoms with Crippen molar-refractivity contribution < 1.29 is 4.79 Å². The first-order valence-corrected chi connectivity index (χ1v) is 7.40. The lowest BCUT2D eigenvalue weighted by molar-refractivity contribution is 0.102. The van der Waals surface area contributed by atoms with E-state index in [1.165, 1.54) is 0 Å². The molecule has 0 saturated heterocycles. The van der Waals surface area contributed by atoms with Gasteiger partial charge in [0.1, 0.15) is 0 Å². The minimum absolute atomic E-state index is 0.0830. The van der Waals surface area contributed by atoms with Crippen molar-refractivity contribution in [1.82, 2.24) is 0 Å². The Kier molecular flexibility index (Phi) is 5.02. The molecule has 0 bridgehead atoms. The first kappa shape index (κ1) is 14.4. The lowest BCUT2D eigenvalue weighted by Crippen LogP contribution is -2.12. The Morgan fingerprint density at radius 3 is 2.80 bits per heavy atom. The third-order valence-electron chi connectivity index (χ3n) is 2.77. The van der Waals surface area contributed by atoms with E-state index in [0.29, 0.717) is 5.56 Å². The molecule has 1 amide bonds. The summed E-state index contributed by atoms with van der Waals surface area (Å²) >= 11 is 1.65. The maximum absolute atomic E-state index is 12.3. The van der Waals surface area contributed by atoms with Crippen molar-refractivity contribution in [3.05, 3.63) is 72.3 Å². The van der Waals surface area contributed by atoms with E-state index in [1.54, 1.807) is 11.8 Å². The van der Waals surface area contributed by atoms with Crippen LogP contribution < -0.4 is 5.32 Å². The van der Waals surface area contributed by atoms with Crippen molar-refractivity contribution in [2.24, 2.45) is 0 Å². The van der Waals surface area contributed by atoms with Gasteiger partial charge in [0.25, 0.3) is 5.91 Å². The molecule has 0 aliphatic heterocycles. The minimum atomic E-state index is -0.0830. The highest BCUT2D eigenvalue weighted by atomic mass is 32.2. The number of amides is 1. The average molecular weight is 283 g/mol. The molecule has 0 atom stereocenters. The predicted octanol–water partition coefficient (Wildman–Crippen LogP) is 4.53. The molecule has 2 aromatic rings. The number of thioether (sulfide) groups is 1. The summed E-state index contributed by atoms with van der Waals surface area (Å²) in [5.41, 5.74) is 2.59. The molecule has 0 aliphatic carbocycles. The van der Waals surface area contributed by atoms with Crippen molar-refractivity contribution >= 4 is 23.4 Å². The van der Waals surface area contributed by atoms with Crippen molar-refractivity contribution in [2.45, 2.75) is 11.8 Å². The van der Waals surface area contributed by atoms with E-state index in [0.717, 1.165) is 21.9 Å². The van der Waals surface area contributed by atoms with Crippen LogP contribution in [-0.4, -0.2) is 11.7 Å². The van der Waals surface area contributed by atoms with E-state index >= 15 is 0 Å². The summed E-state index contributed by atoms with van der Waals surface area (Å²) in [7, 11) is 0. The van der Waals surface area contributed by atoms with E-state index in [9.17, 15) is 4.79 Å². The summed E-state index contributed by atoms with van der Waals surface area (Å²) < 4.78 is 0. The predicted molar refractivity (Wildman–Crippen MR) is 86.5 cm³/mol. The molecule has 0 radical (unpaired) electrons. The van der Waals surface area contributed by atoms with Crippen LogP contribution in [0.25, 0.3) is 0 Å². The zero-order valence-electron chi connectivity index (χ0n) is 11.4. The van der Waals surface area contributed by atoms with Gasteiger partial charge in [-0.15, -0.1) is 18.3 Å². The van der Waals surface area contributed by atoms with E-state index in [2.05, 4.69) is 11.9 Å². The quantitative estimate of drug-likeness (QED) is 0.645. The van der Waals surface area contributed by atoms with Gasteiger partial charge in [0.05, 0.1) is 5.69 Å². The fourth-order valence-electron chi connectivity index (χ4n) is 1.83. The Bertz CT molecular complexity index is 622.